The zero-order valence-electron chi connectivity index (χ0n) is 18.5. The van der Waals surface area contributed by atoms with Crippen molar-refractivity contribution in [3.8, 4) is 11.5 Å². The third-order valence-electron chi connectivity index (χ3n) is 6.35. The van der Waals surface area contributed by atoms with E-state index >= 15 is 0 Å². The number of para-hydroxylation sites is 2. The molecular weight excluding hydrogens is 430 g/mol. The highest BCUT2D eigenvalue weighted by Gasteiger charge is 2.36. The lowest BCUT2D eigenvalue weighted by atomic mass is 10.1. The molecule has 9 nitrogen and oxygen atoms in total. The highest BCUT2D eigenvalue weighted by molar-refractivity contribution is 5.98. The first-order chi connectivity index (χ1) is 16.8. The Balaban J connectivity index is 1.30. The summed E-state index contributed by atoms with van der Waals surface area (Å²) < 4.78 is 13.8. The SMILES string of the molecule is c1ccc(CN2CN=C3NC(c4ccc5c(c4)OCCO5)n4c(nc5ccccc54)N3C2)nc1. The lowest BCUT2D eigenvalue weighted by Gasteiger charge is -2.41. The Bertz CT molecular complexity index is 1400. The molecule has 0 aliphatic carbocycles. The molecule has 9 heteroatoms. The van der Waals surface area contributed by atoms with Gasteiger partial charge in [-0.2, -0.15) is 0 Å². The second-order valence-electron chi connectivity index (χ2n) is 8.56. The molecule has 7 rings (SSSR count). The van der Waals surface area contributed by atoms with Crippen LogP contribution in [0.2, 0.25) is 0 Å². The minimum absolute atomic E-state index is 0.171. The molecule has 4 aromatic rings. The van der Waals surface area contributed by atoms with E-state index in [1.165, 1.54) is 0 Å². The summed E-state index contributed by atoms with van der Waals surface area (Å²) in [6.45, 7) is 3.11. The van der Waals surface area contributed by atoms with Crippen LogP contribution in [0.25, 0.3) is 11.0 Å². The molecule has 1 atom stereocenters. The zero-order valence-corrected chi connectivity index (χ0v) is 18.5. The normalized spacial score (nSPS) is 19.2. The second-order valence-corrected chi connectivity index (χ2v) is 8.56. The average Bonchev–Trinajstić information content (AvgIpc) is 3.29. The fourth-order valence-electron chi connectivity index (χ4n) is 4.79. The van der Waals surface area contributed by atoms with Crippen LogP contribution in [0.15, 0.2) is 71.9 Å². The van der Waals surface area contributed by atoms with Gasteiger partial charge in [0.2, 0.25) is 11.9 Å². The lowest BCUT2D eigenvalue weighted by molar-refractivity contribution is 0.171. The van der Waals surface area contributed by atoms with Gasteiger partial charge in [0, 0.05) is 12.7 Å². The molecule has 3 aliphatic rings. The van der Waals surface area contributed by atoms with Gasteiger partial charge in [-0.3, -0.25) is 19.4 Å². The number of pyridine rings is 1. The highest BCUT2D eigenvalue weighted by atomic mass is 16.6. The van der Waals surface area contributed by atoms with Crippen molar-refractivity contribution in [1.82, 2.24) is 24.8 Å². The van der Waals surface area contributed by atoms with E-state index in [9.17, 15) is 0 Å². The van der Waals surface area contributed by atoms with Crippen LogP contribution < -0.4 is 19.7 Å². The van der Waals surface area contributed by atoms with E-state index in [1.54, 1.807) is 0 Å². The number of aliphatic imine (C=N–C) groups is 1. The lowest BCUT2D eigenvalue weighted by Crippen LogP contribution is -2.57. The first-order valence-corrected chi connectivity index (χ1v) is 11.4. The number of nitrogens with one attached hydrogen (secondary N) is 1. The summed E-state index contributed by atoms with van der Waals surface area (Å²) in [5, 5.41) is 3.66. The van der Waals surface area contributed by atoms with Gasteiger partial charge < -0.3 is 14.8 Å². The van der Waals surface area contributed by atoms with Crippen molar-refractivity contribution in [1.29, 1.82) is 0 Å². The van der Waals surface area contributed by atoms with Gasteiger partial charge in [0.25, 0.3) is 0 Å². The minimum Gasteiger partial charge on any atom is -0.486 e. The van der Waals surface area contributed by atoms with Crippen molar-refractivity contribution in [2.24, 2.45) is 4.99 Å². The van der Waals surface area contributed by atoms with Crippen molar-refractivity contribution in [2.75, 3.05) is 31.5 Å². The number of benzene rings is 2. The Morgan fingerprint density at radius 2 is 1.85 bits per heavy atom. The van der Waals surface area contributed by atoms with E-state index in [0.717, 1.165) is 52.2 Å². The number of hydrogen-bond acceptors (Lipinski definition) is 8. The minimum atomic E-state index is -0.171. The van der Waals surface area contributed by atoms with Crippen molar-refractivity contribution in [2.45, 2.75) is 12.7 Å². The highest BCUT2D eigenvalue weighted by Crippen LogP contribution is 2.38. The van der Waals surface area contributed by atoms with Crippen LogP contribution in [0.4, 0.5) is 5.95 Å². The van der Waals surface area contributed by atoms with E-state index in [1.807, 2.05) is 48.7 Å². The van der Waals surface area contributed by atoms with Gasteiger partial charge in [-0.1, -0.05) is 24.3 Å². The monoisotopic (exact) mass is 453 g/mol. The molecule has 2 aromatic heterocycles. The number of hydrogen-bond donors (Lipinski definition) is 1. The van der Waals surface area contributed by atoms with Crippen LogP contribution in [0.3, 0.4) is 0 Å². The molecule has 34 heavy (non-hydrogen) atoms. The summed E-state index contributed by atoms with van der Waals surface area (Å²) in [6.07, 6.45) is 1.66. The van der Waals surface area contributed by atoms with Crippen LogP contribution in [0.1, 0.15) is 17.4 Å². The van der Waals surface area contributed by atoms with Crippen molar-refractivity contribution < 1.29 is 9.47 Å². The van der Waals surface area contributed by atoms with Crippen LogP contribution in [-0.2, 0) is 6.54 Å². The number of aromatic nitrogens is 3. The molecule has 0 spiro atoms. The number of anilines is 1. The van der Waals surface area contributed by atoms with E-state index in [2.05, 4.69) is 42.9 Å². The summed E-state index contributed by atoms with van der Waals surface area (Å²) in [4.78, 5) is 18.8. The van der Waals surface area contributed by atoms with Gasteiger partial charge in [-0.25, -0.2) is 9.98 Å². The fourth-order valence-corrected chi connectivity index (χ4v) is 4.79. The Morgan fingerprint density at radius 3 is 2.76 bits per heavy atom. The molecule has 170 valence electrons. The number of imidazole rings is 1. The molecule has 1 N–H and O–H groups in total. The number of ether oxygens (including phenoxy) is 2. The molecule has 0 radical (unpaired) electrons. The third-order valence-corrected chi connectivity index (χ3v) is 6.35. The fraction of sp³-hybridized carbons (Fsp3) is 0.240. The van der Waals surface area contributed by atoms with E-state index < -0.39 is 0 Å². The van der Waals surface area contributed by atoms with Crippen molar-refractivity contribution >= 4 is 22.9 Å². The van der Waals surface area contributed by atoms with Crippen LogP contribution in [0.5, 0.6) is 11.5 Å². The Morgan fingerprint density at radius 1 is 0.971 bits per heavy atom. The second kappa shape index (κ2) is 7.74. The molecule has 3 aliphatic heterocycles. The van der Waals surface area contributed by atoms with E-state index in [0.29, 0.717) is 26.6 Å². The number of nitrogens with zero attached hydrogens (tertiary/aromatic N) is 6. The number of rotatable bonds is 3. The standard InChI is InChI=1S/C25H23N7O2/c1-2-7-20-19(6-1)28-25-31-16-30(14-18-5-3-4-10-26-18)15-27-24(31)29-23(32(20)25)17-8-9-21-22(13-17)34-12-11-33-21/h1-10,13,23H,11-12,14-16H2,(H,27,29). The maximum atomic E-state index is 5.86. The largest absolute Gasteiger partial charge is 0.486 e. The van der Waals surface area contributed by atoms with Gasteiger partial charge in [-0.05, 0) is 42.0 Å². The molecule has 0 fully saturated rings. The van der Waals surface area contributed by atoms with Gasteiger partial charge in [0.1, 0.15) is 19.4 Å². The van der Waals surface area contributed by atoms with Crippen molar-refractivity contribution in [3.63, 3.8) is 0 Å². The maximum absolute atomic E-state index is 5.86. The molecule has 1 unspecified atom stereocenters. The van der Waals surface area contributed by atoms with Crippen molar-refractivity contribution in [3.05, 3.63) is 78.1 Å². The Kier molecular flexibility index (Phi) is 4.41. The molecule has 2 aromatic carbocycles. The van der Waals surface area contributed by atoms with Gasteiger partial charge in [0.15, 0.2) is 11.5 Å². The Hall–Kier alpha value is -4.11. The quantitative estimate of drug-likeness (QED) is 0.511. The first kappa shape index (κ1) is 19.4. The number of guanidine groups is 1. The summed E-state index contributed by atoms with van der Waals surface area (Å²) >= 11 is 0. The average molecular weight is 454 g/mol. The predicted octanol–water partition coefficient (Wildman–Crippen LogP) is 2.95. The smallest absolute Gasteiger partial charge is 0.216 e. The van der Waals surface area contributed by atoms with Gasteiger partial charge in [0.05, 0.1) is 30.1 Å². The van der Waals surface area contributed by atoms with Gasteiger partial charge >= 0.3 is 0 Å². The summed E-state index contributed by atoms with van der Waals surface area (Å²) in [5.74, 6) is 3.23. The van der Waals surface area contributed by atoms with Crippen LogP contribution in [-0.4, -0.2) is 51.9 Å². The predicted molar refractivity (Wildman–Crippen MR) is 128 cm³/mol. The topological polar surface area (TPSA) is 80.0 Å². The molecule has 0 saturated carbocycles. The van der Waals surface area contributed by atoms with Gasteiger partial charge in [-0.15, -0.1) is 0 Å². The molecule has 0 bridgehead atoms. The third kappa shape index (κ3) is 3.16. The summed E-state index contributed by atoms with van der Waals surface area (Å²) in [7, 11) is 0. The zero-order chi connectivity index (χ0) is 22.5. The van der Waals surface area contributed by atoms with Crippen LogP contribution in [0, 0.1) is 0 Å². The molecule has 5 heterocycles. The van der Waals surface area contributed by atoms with Crippen LogP contribution >= 0.6 is 0 Å². The molecule has 0 amide bonds. The van der Waals surface area contributed by atoms with E-state index in [4.69, 9.17) is 19.5 Å². The molecule has 0 saturated heterocycles. The summed E-state index contributed by atoms with van der Waals surface area (Å²) in [6, 6.07) is 20.3. The maximum Gasteiger partial charge on any atom is 0.216 e. The van der Waals surface area contributed by atoms with E-state index in [-0.39, 0.29) is 6.17 Å². The first-order valence-electron chi connectivity index (χ1n) is 11.4. The Labute approximate surface area is 196 Å². The number of fused-ring (bicyclic) bond motifs is 6. The molecular formula is C25H23N7O2. The summed E-state index contributed by atoms with van der Waals surface area (Å²) in [5.41, 5.74) is 4.09.